The maximum absolute atomic E-state index is 12.7. The molecule has 7 heteroatoms. The number of hydrogen-bond acceptors (Lipinski definition) is 5. The van der Waals surface area contributed by atoms with E-state index >= 15 is 0 Å². The molecule has 0 aliphatic carbocycles. The van der Waals surface area contributed by atoms with E-state index in [9.17, 15) is 9.59 Å². The number of nitrogens with zero attached hydrogens (tertiary/aromatic N) is 2. The topological polar surface area (TPSA) is 84.7 Å². The molecule has 1 aliphatic rings. The number of rotatable bonds is 7. The van der Waals surface area contributed by atoms with Crippen molar-refractivity contribution in [2.75, 3.05) is 26.3 Å². The van der Waals surface area contributed by atoms with E-state index in [-0.39, 0.29) is 24.1 Å². The molecule has 0 spiro atoms. The molecule has 26 heavy (non-hydrogen) atoms. The molecule has 7 nitrogen and oxygen atoms in total. The molecule has 0 fully saturated rings. The van der Waals surface area contributed by atoms with Gasteiger partial charge in [-0.25, -0.2) is 0 Å². The van der Waals surface area contributed by atoms with E-state index in [1.54, 1.807) is 23.2 Å². The molecule has 1 N–H and O–H groups in total. The summed E-state index contributed by atoms with van der Waals surface area (Å²) in [5.74, 6) is -0.573. The predicted octanol–water partition coefficient (Wildman–Crippen LogP) is 1.96. The highest BCUT2D eigenvalue weighted by atomic mass is 16.5. The van der Waals surface area contributed by atoms with E-state index < -0.39 is 5.92 Å². The van der Waals surface area contributed by atoms with E-state index in [0.29, 0.717) is 26.3 Å². The minimum Gasteiger partial charge on any atom is -0.459 e. The summed E-state index contributed by atoms with van der Waals surface area (Å²) < 4.78 is 10.5. The van der Waals surface area contributed by atoms with Gasteiger partial charge < -0.3 is 19.4 Å². The van der Waals surface area contributed by atoms with Crippen molar-refractivity contribution in [2.24, 2.45) is 0 Å². The van der Waals surface area contributed by atoms with Crippen LogP contribution in [0.5, 0.6) is 0 Å². The third-order valence-electron chi connectivity index (χ3n) is 4.32. The Morgan fingerprint density at radius 3 is 3.04 bits per heavy atom. The Balaban J connectivity index is 1.71. The van der Waals surface area contributed by atoms with Crippen LogP contribution in [0.4, 0.5) is 0 Å². The van der Waals surface area contributed by atoms with Crippen LogP contribution in [0.25, 0.3) is 0 Å². The number of nitrogens with one attached hydrogen (secondary N) is 1. The minimum absolute atomic E-state index is 0.126. The van der Waals surface area contributed by atoms with Gasteiger partial charge in [0.25, 0.3) is 5.91 Å². The lowest BCUT2D eigenvalue weighted by atomic mass is 9.93. The third-order valence-corrected chi connectivity index (χ3v) is 4.32. The van der Waals surface area contributed by atoms with Crippen LogP contribution in [-0.2, 0) is 16.1 Å². The Kier molecular flexibility index (Phi) is 6.01. The van der Waals surface area contributed by atoms with Gasteiger partial charge in [-0.1, -0.05) is 6.07 Å². The highest BCUT2D eigenvalue weighted by Gasteiger charge is 2.34. The van der Waals surface area contributed by atoms with Gasteiger partial charge in [0, 0.05) is 39.0 Å². The molecule has 1 atom stereocenters. The maximum Gasteiger partial charge on any atom is 0.289 e. The number of amides is 2. The Hall–Kier alpha value is -2.67. The molecular formula is C19H23N3O4. The fourth-order valence-electron chi connectivity index (χ4n) is 3.05. The number of hydrogen-bond donors (Lipinski definition) is 1. The van der Waals surface area contributed by atoms with Crippen LogP contribution in [0.1, 0.15) is 41.1 Å². The van der Waals surface area contributed by atoms with Gasteiger partial charge in [0.05, 0.1) is 17.9 Å². The zero-order chi connectivity index (χ0) is 18.4. The van der Waals surface area contributed by atoms with Gasteiger partial charge in [-0.2, -0.15) is 0 Å². The van der Waals surface area contributed by atoms with Gasteiger partial charge in [0.2, 0.25) is 5.91 Å². The van der Waals surface area contributed by atoms with E-state index in [0.717, 1.165) is 17.7 Å². The Morgan fingerprint density at radius 1 is 1.38 bits per heavy atom. The van der Waals surface area contributed by atoms with E-state index in [1.807, 2.05) is 19.1 Å². The molecule has 1 aliphatic heterocycles. The van der Waals surface area contributed by atoms with Crippen LogP contribution in [-0.4, -0.2) is 48.0 Å². The molecule has 0 saturated carbocycles. The number of fused-ring (bicyclic) bond motifs is 1. The summed E-state index contributed by atoms with van der Waals surface area (Å²) in [6, 6.07) is 7.02. The Morgan fingerprint density at radius 2 is 2.27 bits per heavy atom. The lowest BCUT2D eigenvalue weighted by Crippen LogP contribution is -2.44. The van der Waals surface area contributed by atoms with Crippen molar-refractivity contribution in [3.8, 4) is 0 Å². The first-order valence-corrected chi connectivity index (χ1v) is 8.82. The van der Waals surface area contributed by atoms with Crippen molar-refractivity contribution in [1.82, 2.24) is 15.2 Å². The largest absolute Gasteiger partial charge is 0.459 e. The van der Waals surface area contributed by atoms with Crippen LogP contribution in [0.2, 0.25) is 0 Å². The van der Waals surface area contributed by atoms with Crippen LogP contribution >= 0.6 is 0 Å². The van der Waals surface area contributed by atoms with E-state index in [2.05, 4.69) is 10.3 Å². The summed E-state index contributed by atoms with van der Waals surface area (Å²) in [4.78, 5) is 31.4. The SMILES string of the molecule is CCOCCCNC(=O)C1CN(C(=O)c2ccco2)Cc2cccnc21. The second-order valence-corrected chi connectivity index (χ2v) is 6.10. The molecule has 3 rings (SSSR count). The van der Waals surface area contributed by atoms with Crippen molar-refractivity contribution in [3.05, 3.63) is 53.7 Å². The summed E-state index contributed by atoms with van der Waals surface area (Å²) in [7, 11) is 0. The lowest BCUT2D eigenvalue weighted by Gasteiger charge is -2.32. The van der Waals surface area contributed by atoms with E-state index in [1.165, 1.54) is 6.26 Å². The lowest BCUT2D eigenvalue weighted by molar-refractivity contribution is -0.123. The summed E-state index contributed by atoms with van der Waals surface area (Å²) in [6.07, 6.45) is 3.89. The fraction of sp³-hybridized carbons (Fsp3) is 0.421. The van der Waals surface area contributed by atoms with Crippen molar-refractivity contribution < 1.29 is 18.7 Å². The van der Waals surface area contributed by atoms with Gasteiger partial charge in [-0.15, -0.1) is 0 Å². The second kappa shape index (κ2) is 8.62. The average molecular weight is 357 g/mol. The van der Waals surface area contributed by atoms with Crippen LogP contribution in [0.3, 0.4) is 0 Å². The highest BCUT2D eigenvalue weighted by Crippen LogP contribution is 2.27. The predicted molar refractivity (Wildman–Crippen MR) is 94.5 cm³/mol. The van der Waals surface area contributed by atoms with Crippen molar-refractivity contribution in [1.29, 1.82) is 0 Å². The van der Waals surface area contributed by atoms with Crippen LogP contribution in [0.15, 0.2) is 41.1 Å². The van der Waals surface area contributed by atoms with Crippen molar-refractivity contribution >= 4 is 11.8 Å². The summed E-state index contributed by atoms with van der Waals surface area (Å²) in [5, 5.41) is 2.93. The molecule has 2 aromatic heterocycles. The first-order valence-electron chi connectivity index (χ1n) is 8.82. The molecule has 0 bridgehead atoms. The van der Waals surface area contributed by atoms with Crippen LogP contribution < -0.4 is 5.32 Å². The molecule has 3 heterocycles. The summed E-state index contributed by atoms with van der Waals surface area (Å²) in [6.45, 7) is 4.44. The number of carbonyl (C=O) groups excluding carboxylic acids is 2. The van der Waals surface area contributed by atoms with Gasteiger partial charge in [-0.3, -0.25) is 14.6 Å². The smallest absolute Gasteiger partial charge is 0.289 e. The van der Waals surface area contributed by atoms with Gasteiger partial charge in [0.1, 0.15) is 0 Å². The van der Waals surface area contributed by atoms with Crippen LogP contribution in [0, 0.1) is 0 Å². The molecule has 1 unspecified atom stereocenters. The monoisotopic (exact) mass is 357 g/mol. The molecule has 0 aromatic carbocycles. The highest BCUT2D eigenvalue weighted by molar-refractivity contribution is 5.93. The molecule has 138 valence electrons. The van der Waals surface area contributed by atoms with Gasteiger partial charge >= 0.3 is 0 Å². The molecule has 0 radical (unpaired) electrons. The summed E-state index contributed by atoms with van der Waals surface area (Å²) >= 11 is 0. The maximum atomic E-state index is 12.7. The number of pyridine rings is 1. The number of furan rings is 1. The standard InChI is InChI=1S/C19H23N3O4/c1-2-25-10-5-9-21-18(23)15-13-22(19(24)16-7-4-11-26-16)12-14-6-3-8-20-17(14)15/h3-4,6-8,11,15H,2,5,9-10,12-13H2,1H3,(H,21,23). The number of ether oxygens (including phenoxy) is 1. The number of aromatic nitrogens is 1. The average Bonchev–Trinajstić information content (AvgIpc) is 3.21. The van der Waals surface area contributed by atoms with E-state index in [4.69, 9.17) is 9.15 Å². The van der Waals surface area contributed by atoms with Crippen molar-refractivity contribution in [2.45, 2.75) is 25.8 Å². The quantitative estimate of drug-likeness (QED) is 0.766. The fourth-order valence-corrected chi connectivity index (χ4v) is 3.05. The number of carbonyl (C=O) groups is 2. The third kappa shape index (κ3) is 4.11. The molecule has 0 saturated heterocycles. The Labute approximate surface area is 152 Å². The van der Waals surface area contributed by atoms with Gasteiger partial charge in [0.15, 0.2) is 5.76 Å². The molecular weight excluding hydrogens is 334 g/mol. The van der Waals surface area contributed by atoms with Gasteiger partial charge in [-0.05, 0) is 37.1 Å². The molecule has 2 amide bonds. The normalized spacial score (nSPS) is 16.2. The zero-order valence-corrected chi connectivity index (χ0v) is 14.8. The first-order chi connectivity index (χ1) is 12.7. The zero-order valence-electron chi connectivity index (χ0n) is 14.8. The second-order valence-electron chi connectivity index (χ2n) is 6.10. The minimum atomic E-state index is -0.494. The molecule has 2 aromatic rings. The first kappa shape index (κ1) is 18.1. The van der Waals surface area contributed by atoms with Crippen molar-refractivity contribution in [3.63, 3.8) is 0 Å². The summed E-state index contributed by atoms with van der Waals surface area (Å²) in [5.41, 5.74) is 1.62. The Bertz CT molecular complexity index is 745.